The number of nitrogens with two attached hydrogens (primary N) is 1. The van der Waals surface area contributed by atoms with Crippen molar-refractivity contribution in [3.05, 3.63) is 0 Å². The third-order valence-electron chi connectivity index (χ3n) is 4.17. The summed E-state index contributed by atoms with van der Waals surface area (Å²) in [6.07, 6.45) is 4.28. The zero-order valence-corrected chi connectivity index (χ0v) is 15.6. The average molecular weight is 355 g/mol. The van der Waals surface area contributed by atoms with E-state index in [1.165, 1.54) is 0 Å². The van der Waals surface area contributed by atoms with Crippen molar-refractivity contribution in [1.29, 1.82) is 0 Å². The van der Waals surface area contributed by atoms with Gasteiger partial charge in [-0.05, 0) is 32.1 Å². The van der Waals surface area contributed by atoms with Crippen molar-refractivity contribution in [3.63, 3.8) is 0 Å². The predicted octanol–water partition coefficient (Wildman–Crippen LogP) is 2.04. The van der Waals surface area contributed by atoms with E-state index in [0.29, 0.717) is 12.5 Å². The highest BCUT2D eigenvalue weighted by molar-refractivity contribution is 7.92. The van der Waals surface area contributed by atoms with Gasteiger partial charge in [0, 0.05) is 18.5 Å². The van der Waals surface area contributed by atoms with Crippen LogP contribution in [0.15, 0.2) is 0 Å². The lowest BCUT2D eigenvalue weighted by Gasteiger charge is -2.31. The molecule has 1 rings (SSSR count). The Hall–Kier alpha value is -0.330. The van der Waals surface area contributed by atoms with Crippen molar-refractivity contribution in [1.82, 2.24) is 5.32 Å². The number of sulfone groups is 1. The number of rotatable bonds is 8. The Balaban J connectivity index is 0.00000441. The van der Waals surface area contributed by atoms with Crippen molar-refractivity contribution in [2.24, 2.45) is 11.7 Å². The van der Waals surface area contributed by atoms with Crippen LogP contribution < -0.4 is 11.1 Å². The lowest BCUT2D eigenvalue weighted by Crippen LogP contribution is -2.52. The van der Waals surface area contributed by atoms with Crippen LogP contribution in [0.5, 0.6) is 0 Å². The van der Waals surface area contributed by atoms with Gasteiger partial charge in [0.1, 0.15) is 0 Å². The van der Waals surface area contributed by atoms with Crippen molar-refractivity contribution in [3.8, 4) is 0 Å². The summed E-state index contributed by atoms with van der Waals surface area (Å²) in [5, 5.41) is 2.67. The second kappa shape index (κ2) is 9.08. The molecule has 1 fully saturated rings. The highest BCUT2D eigenvalue weighted by atomic mass is 35.5. The predicted molar refractivity (Wildman–Crippen MR) is 93.0 cm³/mol. The lowest BCUT2D eigenvalue weighted by atomic mass is 9.90. The largest absolute Gasteiger partial charge is 0.350 e. The van der Waals surface area contributed by atoms with Crippen LogP contribution in [0.3, 0.4) is 0 Å². The maximum absolute atomic E-state index is 12.1. The second-order valence-electron chi connectivity index (χ2n) is 6.93. The molecule has 1 atom stereocenters. The van der Waals surface area contributed by atoms with Gasteiger partial charge >= 0.3 is 0 Å². The summed E-state index contributed by atoms with van der Waals surface area (Å²) < 4.78 is 24.3. The van der Waals surface area contributed by atoms with E-state index in [1.54, 1.807) is 0 Å². The van der Waals surface area contributed by atoms with E-state index < -0.39 is 15.4 Å². The molecular weight excluding hydrogens is 324 g/mol. The van der Waals surface area contributed by atoms with Gasteiger partial charge in [-0.2, -0.15) is 0 Å². The third-order valence-corrected chi connectivity index (χ3v) is 6.43. The van der Waals surface area contributed by atoms with Crippen LogP contribution in [-0.4, -0.2) is 37.4 Å². The molecule has 0 bridgehead atoms. The molecule has 1 amide bonds. The first-order valence-corrected chi connectivity index (χ1v) is 9.63. The maximum Gasteiger partial charge on any atom is 0.221 e. The van der Waals surface area contributed by atoms with Crippen LogP contribution in [0.2, 0.25) is 0 Å². The topological polar surface area (TPSA) is 89.3 Å². The lowest BCUT2D eigenvalue weighted by molar-refractivity contribution is -0.122. The van der Waals surface area contributed by atoms with E-state index in [-0.39, 0.29) is 35.7 Å². The highest BCUT2D eigenvalue weighted by Crippen LogP contribution is 2.25. The first-order valence-electron chi connectivity index (χ1n) is 7.91. The van der Waals surface area contributed by atoms with E-state index in [2.05, 4.69) is 19.2 Å². The van der Waals surface area contributed by atoms with Gasteiger partial charge in [-0.3, -0.25) is 4.79 Å². The van der Waals surface area contributed by atoms with Crippen LogP contribution in [-0.2, 0) is 14.6 Å². The molecule has 0 aromatic rings. The van der Waals surface area contributed by atoms with Crippen LogP contribution in [0.1, 0.15) is 59.3 Å². The molecule has 0 radical (unpaired) electrons. The standard InChI is InChI=1S/C15H30N2O3S.ClH/c1-12(2)10-15(3,11-16)17-14(18)8-9-21(19,20)13-6-4-5-7-13;/h12-13H,4-11,16H2,1-3H3,(H,17,18);1H. The van der Waals surface area contributed by atoms with E-state index >= 15 is 0 Å². The third kappa shape index (κ3) is 6.84. The molecule has 0 spiro atoms. The van der Waals surface area contributed by atoms with Crippen LogP contribution in [0.25, 0.3) is 0 Å². The van der Waals surface area contributed by atoms with E-state index in [0.717, 1.165) is 32.1 Å². The number of carbonyl (C=O) groups is 1. The van der Waals surface area contributed by atoms with Gasteiger partial charge in [0.15, 0.2) is 9.84 Å². The van der Waals surface area contributed by atoms with E-state index in [1.807, 2.05) is 6.92 Å². The van der Waals surface area contributed by atoms with E-state index in [4.69, 9.17) is 5.73 Å². The number of amides is 1. The van der Waals surface area contributed by atoms with E-state index in [9.17, 15) is 13.2 Å². The Morgan fingerprint density at radius 3 is 2.32 bits per heavy atom. The van der Waals surface area contributed by atoms with Crippen molar-refractivity contribution in [2.45, 2.75) is 70.1 Å². The first-order chi connectivity index (χ1) is 9.68. The zero-order chi connectivity index (χ0) is 16.1. The molecule has 132 valence electrons. The Kier molecular flexibility index (Phi) is 8.95. The van der Waals surface area contributed by atoms with Crippen LogP contribution in [0, 0.1) is 5.92 Å². The summed E-state index contributed by atoms with van der Waals surface area (Å²) in [7, 11) is -3.13. The fourth-order valence-electron chi connectivity index (χ4n) is 3.13. The van der Waals surface area contributed by atoms with Gasteiger partial charge < -0.3 is 11.1 Å². The quantitative estimate of drug-likeness (QED) is 0.698. The molecule has 0 aliphatic heterocycles. The van der Waals surface area contributed by atoms with Gasteiger partial charge in [-0.1, -0.05) is 26.7 Å². The van der Waals surface area contributed by atoms with Gasteiger partial charge in [-0.15, -0.1) is 12.4 Å². The van der Waals surface area contributed by atoms with Crippen molar-refractivity contribution < 1.29 is 13.2 Å². The summed E-state index contributed by atoms with van der Waals surface area (Å²) in [6, 6.07) is 0. The molecule has 5 nitrogen and oxygen atoms in total. The Bertz CT molecular complexity index is 448. The zero-order valence-electron chi connectivity index (χ0n) is 13.9. The summed E-state index contributed by atoms with van der Waals surface area (Å²) >= 11 is 0. The van der Waals surface area contributed by atoms with Gasteiger partial charge in [0.2, 0.25) is 5.91 Å². The second-order valence-corrected chi connectivity index (χ2v) is 9.34. The number of nitrogens with one attached hydrogen (secondary N) is 1. The highest BCUT2D eigenvalue weighted by Gasteiger charge is 2.30. The molecule has 0 heterocycles. The van der Waals surface area contributed by atoms with Crippen molar-refractivity contribution >= 4 is 28.2 Å². The SMILES string of the molecule is CC(C)CC(C)(CN)NC(=O)CCS(=O)(=O)C1CCCC1.Cl. The van der Waals surface area contributed by atoms with Crippen molar-refractivity contribution in [2.75, 3.05) is 12.3 Å². The molecule has 1 aliphatic rings. The molecule has 22 heavy (non-hydrogen) atoms. The maximum atomic E-state index is 12.1. The minimum absolute atomic E-state index is 0. The number of hydrogen-bond donors (Lipinski definition) is 2. The molecule has 1 saturated carbocycles. The normalized spacial score (nSPS) is 18.8. The summed E-state index contributed by atoms with van der Waals surface area (Å²) in [5.41, 5.74) is 5.30. The van der Waals surface area contributed by atoms with Gasteiger partial charge in [0.05, 0.1) is 11.0 Å². The van der Waals surface area contributed by atoms with Gasteiger partial charge in [-0.25, -0.2) is 8.42 Å². The minimum atomic E-state index is -3.13. The molecule has 7 heteroatoms. The Labute approximate surface area is 141 Å². The Morgan fingerprint density at radius 1 is 1.32 bits per heavy atom. The summed E-state index contributed by atoms with van der Waals surface area (Å²) in [6.45, 7) is 6.41. The monoisotopic (exact) mass is 354 g/mol. The van der Waals surface area contributed by atoms with Crippen LogP contribution >= 0.6 is 12.4 Å². The molecule has 0 aromatic heterocycles. The number of halogens is 1. The fourth-order valence-corrected chi connectivity index (χ4v) is 4.99. The Morgan fingerprint density at radius 2 is 1.86 bits per heavy atom. The average Bonchev–Trinajstić information content (AvgIpc) is 2.90. The molecule has 3 N–H and O–H groups in total. The smallest absolute Gasteiger partial charge is 0.221 e. The minimum Gasteiger partial charge on any atom is -0.350 e. The molecule has 0 saturated heterocycles. The molecular formula is C15H31ClN2O3S. The fraction of sp³-hybridized carbons (Fsp3) is 0.933. The molecule has 1 unspecified atom stereocenters. The summed E-state index contributed by atoms with van der Waals surface area (Å²) in [5.74, 6) is 0.150. The first kappa shape index (κ1) is 21.7. The number of carbonyl (C=O) groups excluding carboxylic acids is 1. The molecule has 0 aromatic carbocycles. The van der Waals surface area contributed by atoms with Gasteiger partial charge in [0.25, 0.3) is 0 Å². The number of hydrogen-bond acceptors (Lipinski definition) is 4. The van der Waals surface area contributed by atoms with Crippen LogP contribution in [0.4, 0.5) is 0 Å². The molecule has 1 aliphatic carbocycles. The summed E-state index contributed by atoms with van der Waals surface area (Å²) in [4.78, 5) is 12.0.